The van der Waals surface area contributed by atoms with Gasteiger partial charge in [0.15, 0.2) is 5.58 Å². The van der Waals surface area contributed by atoms with E-state index in [0.717, 1.165) is 57.1 Å². The van der Waals surface area contributed by atoms with E-state index in [1.165, 1.54) is 24.4 Å². The Morgan fingerprint density at radius 1 is 0.973 bits per heavy atom. The number of benzene rings is 1. The highest BCUT2D eigenvalue weighted by atomic mass is 19.4. The number of fused-ring (bicyclic) bond motifs is 1. The Bertz CT molecular complexity index is 1220. The van der Waals surface area contributed by atoms with E-state index >= 15 is 0 Å². The molecule has 2 heterocycles. The zero-order chi connectivity index (χ0) is 26.7. The van der Waals surface area contributed by atoms with Crippen LogP contribution in [-0.2, 0) is 9.53 Å². The first kappa shape index (κ1) is 28.0. The number of aromatic nitrogens is 1. The maximum atomic E-state index is 12.5. The van der Waals surface area contributed by atoms with E-state index in [1.807, 2.05) is 0 Å². The van der Waals surface area contributed by atoms with Crippen molar-refractivity contribution in [1.82, 2.24) is 4.98 Å². The molecular weight excluding hydrogens is 491 g/mol. The van der Waals surface area contributed by atoms with Gasteiger partial charge in [0.05, 0.1) is 25.0 Å². The highest BCUT2D eigenvalue weighted by molar-refractivity contribution is 5.82. The summed E-state index contributed by atoms with van der Waals surface area (Å²) in [6.07, 6.45) is 4.02. The molecule has 7 nitrogen and oxygen atoms in total. The molecule has 200 valence electrons. The van der Waals surface area contributed by atoms with E-state index in [9.17, 15) is 22.8 Å². The van der Waals surface area contributed by atoms with Crippen LogP contribution in [0.1, 0.15) is 58.3 Å². The second-order valence-corrected chi connectivity index (χ2v) is 8.48. The number of hydrogen-bond acceptors (Lipinski definition) is 7. The summed E-state index contributed by atoms with van der Waals surface area (Å²) in [6.45, 7) is 2.75. The number of carbonyl (C=O) groups excluding carboxylic acids is 1. The molecule has 0 aliphatic rings. The molecule has 0 saturated heterocycles. The Kier molecular flexibility index (Phi) is 10.3. The lowest BCUT2D eigenvalue weighted by molar-refractivity contribution is -0.274. The fourth-order valence-corrected chi connectivity index (χ4v) is 3.70. The van der Waals surface area contributed by atoms with E-state index in [4.69, 9.17) is 13.9 Å². The summed E-state index contributed by atoms with van der Waals surface area (Å²) in [5.41, 5.74) is -0.123. The zero-order valence-electron chi connectivity index (χ0n) is 20.6. The predicted octanol–water partition coefficient (Wildman–Crippen LogP) is 6.82. The van der Waals surface area contributed by atoms with Crippen molar-refractivity contribution in [2.24, 2.45) is 0 Å². The van der Waals surface area contributed by atoms with Crippen molar-refractivity contribution in [1.29, 1.82) is 0 Å². The largest absolute Gasteiger partial charge is 0.573 e. The SMILES string of the molecule is CCC(=O)OCCCCCCCCCOc1cc2cc(-c3cccc(OC(F)(F)F)c3)c(=O)oc2cn1. The van der Waals surface area contributed by atoms with Gasteiger partial charge in [0, 0.05) is 17.9 Å². The number of esters is 1. The van der Waals surface area contributed by atoms with Gasteiger partial charge in [-0.1, -0.05) is 51.2 Å². The van der Waals surface area contributed by atoms with Gasteiger partial charge in [-0.25, -0.2) is 9.78 Å². The minimum atomic E-state index is -4.84. The molecule has 0 N–H and O–H groups in total. The number of unbranched alkanes of at least 4 members (excludes halogenated alkanes) is 6. The summed E-state index contributed by atoms with van der Waals surface area (Å²) in [4.78, 5) is 27.6. The number of carbonyl (C=O) groups is 1. The van der Waals surface area contributed by atoms with Gasteiger partial charge in [0.25, 0.3) is 0 Å². The molecule has 0 spiro atoms. The smallest absolute Gasteiger partial charge is 0.478 e. The van der Waals surface area contributed by atoms with Crippen molar-refractivity contribution in [3.63, 3.8) is 0 Å². The first-order valence-corrected chi connectivity index (χ1v) is 12.3. The molecule has 0 amide bonds. The van der Waals surface area contributed by atoms with Crippen molar-refractivity contribution in [2.45, 2.75) is 64.7 Å². The molecule has 3 rings (SSSR count). The molecule has 0 bridgehead atoms. The molecule has 0 aliphatic carbocycles. The van der Waals surface area contributed by atoms with Crippen molar-refractivity contribution < 1.29 is 36.6 Å². The fraction of sp³-hybridized carbons (Fsp3) is 0.444. The van der Waals surface area contributed by atoms with Gasteiger partial charge in [0.2, 0.25) is 5.88 Å². The van der Waals surface area contributed by atoms with Gasteiger partial charge in [-0.3, -0.25) is 4.79 Å². The van der Waals surface area contributed by atoms with E-state index in [2.05, 4.69) is 9.72 Å². The predicted molar refractivity (Wildman–Crippen MR) is 131 cm³/mol. The standard InChI is InChI=1S/C27H30F3NO6/c1-2-25(32)35-14-9-7-5-3-4-6-8-13-34-24-17-20-16-22(26(33)36-23(20)18-31-24)19-11-10-12-21(15-19)37-27(28,29)30/h10-12,15-18H,2-9,13-14H2,1H3. The first-order valence-electron chi connectivity index (χ1n) is 12.3. The average Bonchev–Trinajstić information content (AvgIpc) is 2.86. The van der Waals surface area contributed by atoms with Gasteiger partial charge >= 0.3 is 18.0 Å². The number of rotatable bonds is 14. The van der Waals surface area contributed by atoms with Gasteiger partial charge in [0.1, 0.15) is 5.75 Å². The molecule has 10 heteroatoms. The van der Waals surface area contributed by atoms with Gasteiger partial charge < -0.3 is 18.6 Å². The normalized spacial score (nSPS) is 11.5. The number of hydrogen-bond donors (Lipinski definition) is 0. The molecule has 0 radical (unpaired) electrons. The third-order valence-electron chi connectivity index (χ3n) is 5.56. The third-order valence-corrected chi connectivity index (χ3v) is 5.56. The summed E-state index contributed by atoms with van der Waals surface area (Å²) in [5.74, 6) is -0.223. The number of halogens is 3. The Labute approximate surface area is 212 Å². The van der Waals surface area contributed by atoms with Crippen LogP contribution in [0.5, 0.6) is 11.6 Å². The zero-order valence-corrected chi connectivity index (χ0v) is 20.6. The Morgan fingerprint density at radius 3 is 2.38 bits per heavy atom. The van der Waals surface area contributed by atoms with E-state index in [1.54, 1.807) is 13.0 Å². The van der Waals surface area contributed by atoms with Crippen LogP contribution in [0.15, 0.2) is 51.8 Å². The molecule has 0 atom stereocenters. The van der Waals surface area contributed by atoms with Gasteiger partial charge in [-0.2, -0.15) is 0 Å². The topological polar surface area (TPSA) is 87.9 Å². The number of nitrogens with zero attached hydrogens (tertiary/aromatic N) is 1. The lowest BCUT2D eigenvalue weighted by Crippen LogP contribution is -2.17. The second kappa shape index (κ2) is 13.7. The number of pyridine rings is 1. The molecular formula is C27H30F3NO6. The monoisotopic (exact) mass is 521 g/mol. The first-order chi connectivity index (χ1) is 17.7. The summed E-state index contributed by atoms with van der Waals surface area (Å²) in [5, 5.41) is 0.534. The lowest BCUT2D eigenvalue weighted by atomic mass is 10.1. The van der Waals surface area contributed by atoms with Crippen molar-refractivity contribution in [3.8, 4) is 22.8 Å². The van der Waals surface area contributed by atoms with E-state index in [-0.39, 0.29) is 22.7 Å². The van der Waals surface area contributed by atoms with E-state index < -0.39 is 17.7 Å². The molecule has 3 aromatic rings. The summed E-state index contributed by atoms with van der Waals surface area (Å²) < 4.78 is 57.7. The maximum absolute atomic E-state index is 12.5. The molecule has 0 saturated carbocycles. The Morgan fingerprint density at radius 2 is 1.68 bits per heavy atom. The van der Waals surface area contributed by atoms with Gasteiger partial charge in [-0.05, 0) is 36.6 Å². The van der Waals surface area contributed by atoms with E-state index in [0.29, 0.717) is 30.9 Å². The van der Waals surface area contributed by atoms with Crippen LogP contribution in [0.2, 0.25) is 0 Å². The van der Waals surface area contributed by atoms with Crippen LogP contribution in [0.3, 0.4) is 0 Å². The highest BCUT2D eigenvalue weighted by Crippen LogP contribution is 2.28. The van der Waals surface area contributed by atoms with Gasteiger partial charge in [-0.15, -0.1) is 13.2 Å². The van der Waals surface area contributed by atoms with Crippen LogP contribution in [-0.4, -0.2) is 30.5 Å². The van der Waals surface area contributed by atoms with Crippen molar-refractivity contribution >= 4 is 16.9 Å². The van der Waals surface area contributed by atoms with Crippen LogP contribution in [0, 0.1) is 0 Å². The van der Waals surface area contributed by atoms with Crippen LogP contribution in [0.4, 0.5) is 13.2 Å². The number of alkyl halides is 3. The molecule has 0 fully saturated rings. The van der Waals surface area contributed by atoms with Crippen LogP contribution < -0.4 is 15.1 Å². The quantitative estimate of drug-likeness (QED) is 0.170. The summed E-state index contributed by atoms with van der Waals surface area (Å²) in [7, 11) is 0. The molecule has 2 aromatic heterocycles. The van der Waals surface area contributed by atoms with Crippen molar-refractivity contribution in [3.05, 3.63) is 53.0 Å². The summed E-state index contributed by atoms with van der Waals surface area (Å²) >= 11 is 0. The van der Waals surface area contributed by atoms with Crippen molar-refractivity contribution in [2.75, 3.05) is 13.2 Å². The number of ether oxygens (including phenoxy) is 3. The van der Waals surface area contributed by atoms with Crippen LogP contribution >= 0.6 is 0 Å². The highest BCUT2D eigenvalue weighted by Gasteiger charge is 2.31. The maximum Gasteiger partial charge on any atom is 0.573 e. The molecule has 37 heavy (non-hydrogen) atoms. The molecule has 0 aliphatic heterocycles. The molecule has 0 unspecified atom stereocenters. The lowest BCUT2D eigenvalue weighted by Gasteiger charge is -2.10. The Hall–Kier alpha value is -3.56. The minimum Gasteiger partial charge on any atom is -0.478 e. The second-order valence-electron chi connectivity index (χ2n) is 8.48. The fourth-order valence-electron chi connectivity index (χ4n) is 3.70. The molecule has 1 aromatic carbocycles. The Balaban J connectivity index is 1.48. The average molecular weight is 522 g/mol. The van der Waals surface area contributed by atoms with Crippen LogP contribution in [0.25, 0.3) is 22.1 Å². The summed E-state index contributed by atoms with van der Waals surface area (Å²) in [6, 6.07) is 8.31. The third kappa shape index (κ3) is 9.44. The minimum absolute atomic E-state index is 0.0980.